The molecule has 0 amide bonds. The van der Waals surface area contributed by atoms with Crippen molar-refractivity contribution in [3.8, 4) is 0 Å². The Morgan fingerprint density at radius 3 is 2.57 bits per heavy atom. The minimum atomic E-state index is 0.289. The van der Waals surface area contributed by atoms with E-state index in [0.29, 0.717) is 11.8 Å². The summed E-state index contributed by atoms with van der Waals surface area (Å²) in [5, 5.41) is 8.86. The van der Waals surface area contributed by atoms with Crippen LogP contribution in [-0.4, -0.2) is 17.0 Å². The lowest BCUT2D eigenvalue weighted by molar-refractivity contribution is 0.551. The van der Waals surface area contributed by atoms with Crippen LogP contribution in [0.15, 0.2) is 23.6 Å². The molecule has 3 rings (SSSR count). The van der Waals surface area contributed by atoms with E-state index in [1.54, 1.807) is 11.3 Å². The van der Waals surface area contributed by atoms with Crippen molar-refractivity contribution in [2.45, 2.75) is 38.6 Å². The van der Waals surface area contributed by atoms with Gasteiger partial charge in [-0.1, -0.05) is 19.9 Å². The van der Waals surface area contributed by atoms with Gasteiger partial charge in [-0.3, -0.25) is 0 Å². The Labute approximate surface area is 130 Å². The summed E-state index contributed by atoms with van der Waals surface area (Å²) < 4.78 is 0. The van der Waals surface area contributed by atoms with Crippen molar-refractivity contribution in [1.29, 1.82) is 0 Å². The van der Waals surface area contributed by atoms with E-state index in [1.807, 2.05) is 13.1 Å². The molecule has 1 unspecified atom stereocenters. The largest absolute Gasteiger partial charge is 0.373 e. The number of anilines is 2. The Bertz CT molecular complexity index is 590. The molecule has 0 aromatic carbocycles. The first-order valence-corrected chi connectivity index (χ1v) is 8.42. The highest BCUT2D eigenvalue weighted by molar-refractivity contribution is 7.10. The summed E-state index contributed by atoms with van der Waals surface area (Å²) in [7, 11) is 1.90. The van der Waals surface area contributed by atoms with Crippen molar-refractivity contribution in [2.75, 3.05) is 17.7 Å². The van der Waals surface area contributed by atoms with Crippen LogP contribution in [0, 0.1) is 5.92 Å². The molecule has 2 aromatic heterocycles. The molecule has 0 aliphatic heterocycles. The first-order chi connectivity index (χ1) is 10.2. The number of rotatable bonds is 6. The normalized spacial score (nSPS) is 16.0. The standard InChI is InChI=1S/C16H22N4S/c1-10(2)15(12-5-4-8-21-12)18-14-9-13(17-3)19-16(20-14)11-6-7-11/h4-5,8-11,15H,6-7H2,1-3H3,(H2,17,18,19,20). The van der Waals surface area contributed by atoms with Gasteiger partial charge < -0.3 is 10.6 Å². The second kappa shape index (κ2) is 6.02. The van der Waals surface area contributed by atoms with Crippen LogP contribution in [0.4, 0.5) is 11.6 Å². The predicted molar refractivity (Wildman–Crippen MR) is 89.1 cm³/mol. The quantitative estimate of drug-likeness (QED) is 0.837. The Morgan fingerprint density at radius 1 is 1.24 bits per heavy atom. The van der Waals surface area contributed by atoms with Crippen LogP contribution < -0.4 is 10.6 Å². The van der Waals surface area contributed by atoms with E-state index < -0.39 is 0 Å². The molecule has 1 saturated carbocycles. The van der Waals surface area contributed by atoms with Crippen LogP contribution in [-0.2, 0) is 0 Å². The Hall–Kier alpha value is -1.62. The Morgan fingerprint density at radius 2 is 2.00 bits per heavy atom. The van der Waals surface area contributed by atoms with E-state index in [9.17, 15) is 0 Å². The SMILES string of the molecule is CNc1cc(NC(c2cccs2)C(C)C)nc(C2CC2)n1. The summed E-state index contributed by atoms with van der Waals surface area (Å²) in [4.78, 5) is 10.6. The lowest BCUT2D eigenvalue weighted by Gasteiger charge is -2.22. The van der Waals surface area contributed by atoms with E-state index in [0.717, 1.165) is 17.5 Å². The molecule has 5 heteroatoms. The van der Waals surface area contributed by atoms with Gasteiger partial charge in [-0.15, -0.1) is 11.3 Å². The molecule has 2 N–H and O–H groups in total. The molecule has 0 radical (unpaired) electrons. The number of aromatic nitrogens is 2. The van der Waals surface area contributed by atoms with Gasteiger partial charge in [0.2, 0.25) is 0 Å². The molecule has 0 bridgehead atoms. The maximum Gasteiger partial charge on any atom is 0.136 e. The minimum absolute atomic E-state index is 0.289. The van der Waals surface area contributed by atoms with Gasteiger partial charge in [0, 0.05) is 23.9 Å². The smallest absolute Gasteiger partial charge is 0.136 e. The molecule has 0 spiro atoms. The average Bonchev–Trinajstić information content (AvgIpc) is 3.20. The van der Waals surface area contributed by atoms with Crippen molar-refractivity contribution >= 4 is 23.0 Å². The molecule has 1 fully saturated rings. The van der Waals surface area contributed by atoms with Gasteiger partial charge in [-0.25, -0.2) is 9.97 Å². The zero-order valence-corrected chi connectivity index (χ0v) is 13.6. The van der Waals surface area contributed by atoms with Gasteiger partial charge in [0.25, 0.3) is 0 Å². The molecule has 2 aromatic rings. The summed E-state index contributed by atoms with van der Waals surface area (Å²) in [6.07, 6.45) is 2.43. The summed E-state index contributed by atoms with van der Waals surface area (Å²) >= 11 is 1.79. The fourth-order valence-electron chi connectivity index (χ4n) is 2.39. The Balaban J connectivity index is 1.86. The fraction of sp³-hybridized carbons (Fsp3) is 0.500. The van der Waals surface area contributed by atoms with Gasteiger partial charge >= 0.3 is 0 Å². The first-order valence-electron chi connectivity index (χ1n) is 7.54. The first kappa shape index (κ1) is 14.3. The second-order valence-corrected chi connectivity index (χ2v) is 6.88. The molecule has 1 aliphatic carbocycles. The van der Waals surface area contributed by atoms with Crippen molar-refractivity contribution in [1.82, 2.24) is 9.97 Å². The number of hydrogen-bond acceptors (Lipinski definition) is 5. The highest BCUT2D eigenvalue weighted by atomic mass is 32.1. The number of thiophene rings is 1. The fourth-order valence-corrected chi connectivity index (χ4v) is 3.33. The molecule has 112 valence electrons. The summed E-state index contributed by atoms with van der Waals surface area (Å²) in [6.45, 7) is 4.47. The summed E-state index contributed by atoms with van der Waals surface area (Å²) in [5.41, 5.74) is 0. The molecule has 2 heterocycles. The van der Waals surface area contributed by atoms with Gasteiger partial charge in [0.1, 0.15) is 17.5 Å². The molecular formula is C16H22N4S. The van der Waals surface area contributed by atoms with Crippen molar-refractivity contribution in [2.24, 2.45) is 5.92 Å². The van der Waals surface area contributed by atoms with E-state index in [-0.39, 0.29) is 6.04 Å². The van der Waals surface area contributed by atoms with E-state index >= 15 is 0 Å². The van der Waals surface area contributed by atoms with Gasteiger partial charge in [-0.05, 0) is 30.2 Å². The van der Waals surface area contributed by atoms with Crippen LogP contribution >= 0.6 is 11.3 Å². The molecule has 21 heavy (non-hydrogen) atoms. The number of hydrogen-bond donors (Lipinski definition) is 2. The van der Waals surface area contributed by atoms with Crippen molar-refractivity contribution in [3.05, 3.63) is 34.3 Å². The molecule has 0 saturated heterocycles. The summed E-state index contributed by atoms with van der Waals surface area (Å²) in [6, 6.07) is 6.57. The molecular weight excluding hydrogens is 280 g/mol. The van der Waals surface area contributed by atoms with Gasteiger partial charge in [0.05, 0.1) is 6.04 Å². The molecule has 1 atom stereocenters. The highest BCUT2D eigenvalue weighted by Gasteiger charge is 2.28. The van der Waals surface area contributed by atoms with Crippen LogP contribution in [0.3, 0.4) is 0 Å². The van der Waals surface area contributed by atoms with E-state index in [2.05, 4.69) is 47.0 Å². The lowest BCUT2D eigenvalue weighted by Crippen LogP contribution is -2.17. The third kappa shape index (κ3) is 3.35. The zero-order valence-electron chi connectivity index (χ0n) is 12.8. The maximum atomic E-state index is 4.72. The van der Waals surface area contributed by atoms with Crippen molar-refractivity contribution < 1.29 is 0 Å². The van der Waals surface area contributed by atoms with Gasteiger partial charge in [0.15, 0.2) is 0 Å². The van der Waals surface area contributed by atoms with E-state index in [1.165, 1.54) is 17.7 Å². The van der Waals surface area contributed by atoms with Crippen LogP contribution in [0.25, 0.3) is 0 Å². The molecule has 1 aliphatic rings. The summed E-state index contributed by atoms with van der Waals surface area (Å²) in [5.74, 6) is 3.84. The predicted octanol–water partition coefficient (Wildman–Crippen LogP) is 4.27. The second-order valence-electron chi connectivity index (χ2n) is 5.90. The topological polar surface area (TPSA) is 49.8 Å². The van der Waals surface area contributed by atoms with Crippen molar-refractivity contribution in [3.63, 3.8) is 0 Å². The van der Waals surface area contributed by atoms with Crippen LogP contribution in [0.1, 0.15) is 49.4 Å². The van der Waals surface area contributed by atoms with Gasteiger partial charge in [-0.2, -0.15) is 0 Å². The third-order valence-corrected chi connectivity index (χ3v) is 4.72. The van der Waals surface area contributed by atoms with Crippen LogP contribution in [0.2, 0.25) is 0 Å². The van der Waals surface area contributed by atoms with Crippen LogP contribution in [0.5, 0.6) is 0 Å². The Kier molecular flexibility index (Phi) is 4.10. The maximum absolute atomic E-state index is 4.72. The minimum Gasteiger partial charge on any atom is -0.373 e. The average molecular weight is 302 g/mol. The highest BCUT2D eigenvalue weighted by Crippen LogP contribution is 2.39. The lowest BCUT2D eigenvalue weighted by atomic mass is 10.0. The third-order valence-electron chi connectivity index (χ3n) is 3.76. The number of nitrogens with one attached hydrogen (secondary N) is 2. The number of nitrogens with zero attached hydrogens (tertiary/aromatic N) is 2. The molecule has 4 nitrogen and oxygen atoms in total. The zero-order chi connectivity index (χ0) is 14.8. The monoisotopic (exact) mass is 302 g/mol. The van der Waals surface area contributed by atoms with E-state index in [4.69, 9.17) is 4.98 Å².